The summed E-state index contributed by atoms with van der Waals surface area (Å²) in [5.41, 5.74) is 0.843. The highest BCUT2D eigenvalue weighted by molar-refractivity contribution is 5.80. The number of hydrogen-bond acceptors (Lipinski definition) is 2. The monoisotopic (exact) mass is 193 g/mol. The fourth-order valence-electron chi connectivity index (χ4n) is 0.941. The lowest BCUT2D eigenvalue weighted by atomic mass is 10.2. The van der Waals surface area contributed by atoms with E-state index in [-0.39, 0.29) is 11.6 Å². The van der Waals surface area contributed by atoms with Crippen LogP contribution in [0.25, 0.3) is 0 Å². The van der Waals surface area contributed by atoms with E-state index in [1.54, 1.807) is 18.3 Å². The van der Waals surface area contributed by atoms with Crippen molar-refractivity contribution in [1.29, 1.82) is 0 Å². The molecule has 0 spiro atoms. The van der Waals surface area contributed by atoms with Gasteiger partial charge in [-0.2, -0.15) is 0 Å². The number of ketones is 1. The van der Waals surface area contributed by atoms with E-state index in [4.69, 9.17) is 0 Å². The van der Waals surface area contributed by atoms with Crippen LogP contribution in [-0.2, 0) is 4.79 Å². The van der Waals surface area contributed by atoms with Crippen LogP contribution in [0, 0.1) is 5.82 Å². The van der Waals surface area contributed by atoms with Crippen LogP contribution in [-0.4, -0.2) is 18.5 Å². The van der Waals surface area contributed by atoms with Crippen LogP contribution < -0.4 is 0 Å². The van der Waals surface area contributed by atoms with E-state index in [1.165, 1.54) is 19.1 Å². The van der Waals surface area contributed by atoms with Gasteiger partial charge in [-0.3, -0.25) is 9.79 Å². The zero-order chi connectivity index (χ0) is 10.4. The number of benzene rings is 1. The van der Waals surface area contributed by atoms with Gasteiger partial charge >= 0.3 is 0 Å². The maximum Gasteiger partial charge on any atom is 0.131 e. The molecule has 0 amide bonds. The largest absolute Gasteiger partial charge is 0.300 e. The molecule has 2 nitrogen and oxygen atoms in total. The Balaban J connectivity index is 2.44. The van der Waals surface area contributed by atoms with Crippen molar-refractivity contribution < 1.29 is 9.18 Å². The summed E-state index contributed by atoms with van der Waals surface area (Å²) in [5.74, 6) is -0.132. The van der Waals surface area contributed by atoms with Crippen molar-refractivity contribution in [2.24, 2.45) is 4.99 Å². The number of halogens is 1. The number of aliphatic imine (C=N–C) groups is 1. The molecule has 0 bridgehead atoms. The van der Waals surface area contributed by atoms with Crippen LogP contribution >= 0.6 is 0 Å². The second-order valence-corrected chi connectivity index (χ2v) is 3.04. The molecule has 0 aliphatic heterocycles. The standard InChI is InChI=1S/C11H12FNO/c1-9(14)6-7-13-8-10-2-4-11(12)5-3-10/h2-5,8H,6-7H2,1H3. The Morgan fingerprint density at radius 3 is 2.64 bits per heavy atom. The second-order valence-electron chi connectivity index (χ2n) is 3.04. The second kappa shape index (κ2) is 5.27. The molecule has 0 unspecified atom stereocenters. The Morgan fingerprint density at radius 2 is 2.07 bits per heavy atom. The molecule has 0 N–H and O–H groups in total. The van der Waals surface area contributed by atoms with Crippen LogP contribution in [0.1, 0.15) is 18.9 Å². The maximum atomic E-state index is 12.5. The Morgan fingerprint density at radius 1 is 1.43 bits per heavy atom. The molecule has 3 heteroatoms. The summed E-state index contributed by atoms with van der Waals surface area (Å²) in [5, 5.41) is 0. The lowest BCUT2D eigenvalue weighted by Crippen LogP contribution is -1.93. The van der Waals surface area contributed by atoms with E-state index in [1.807, 2.05) is 0 Å². The van der Waals surface area contributed by atoms with Gasteiger partial charge in [-0.25, -0.2) is 4.39 Å². The molecule has 0 atom stereocenters. The molecule has 1 aromatic carbocycles. The normalized spacial score (nSPS) is 10.7. The zero-order valence-corrected chi connectivity index (χ0v) is 8.03. The van der Waals surface area contributed by atoms with Crippen molar-refractivity contribution in [3.05, 3.63) is 35.6 Å². The average Bonchev–Trinajstić information content (AvgIpc) is 2.15. The highest BCUT2D eigenvalue weighted by Gasteiger charge is 1.91. The molecule has 0 aromatic heterocycles. The van der Waals surface area contributed by atoms with Crippen molar-refractivity contribution in [3.8, 4) is 0 Å². The molecular formula is C11H12FNO. The molecule has 0 radical (unpaired) electrons. The number of carbonyl (C=O) groups is 1. The minimum atomic E-state index is -0.258. The molecule has 0 saturated heterocycles. The molecule has 0 saturated carbocycles. The fraction of sp³-hybridized carbons (Fsp3) is 0.273. The third-order valence-electron chi connectivity index (χ3n) is 1.70. The number of nitrogens with zero attached hydrogens (tertiary/aromatic N) is 1. The van der Waals surface area contributed by atoms with Gasteiger partial charge in [-0.05, 0) is 24.6 Å². The molecule has 0 aliphatic carbocycles. The summed E-state index contributed by atoms with van der Waals surface area (Å²) >= 11 is 0. The van der Waals surface area contributed by atoms with Gasteiger partial charge in [-0.15, -0.1) is 0 Å². The van der Waals surface area contributed by atoms with Crippen molar-refractivity contribution in [1.82, 2.24) is 0 Å². The number of carbonyl (C=O) groups excluding carboxylic acids is 1. The van der Waals surface area contributed by atoms with Crippen molar-refractivity contribution >= 4 is 12.0 Å². The molecule has 14 heavy (non-hydrogen) atoms. The first kappa shape index (κ1) is 10.6. The van der Waals surface area contributed by atoms with E-state index >= 15 is 0 Å². The molecule has 0 aliphatic rings. The Bertz CT molecular complexity index is 330. The number of rotatable bonds is 4. The van der Waals surface area contributed by atoms with Gasteiger partial charge in [0.15, 0.2) is 0 Å². The Hall–Kier alpha value is -1.51. The molecular weight excluding hydrogens is 181 g/mol. The summed E-state index contributed by atoms with van der Waals surface area (Å²) in [4.78, 5) is 14.6. The zero-order valence-electron chi connectivity index (χ0n) is 8.03. The highest BCUT2D eigenvalue weighted by atomic mass is 19.1. The smallest absolute Gasteiger partial charge is 0.131 e. The van der Waals surface area contributed by atoms with Gasteiger partial charge in [0.1, 0.15) is 11.6 Å². The van der Waals surface area contributed by atoms with Crippen LogP contribution in [0.15, 0.2) is 29.3 Å². The van der Waals surface area contributed by atoms with Crippen molar-refractivity contribution in [3.63, 3.8) is 0 Å². The van der Waals surface area contributed by atoms with Crippen LogP contribution in [0.5, 0.6) is 0 Å². The number of hydrogen-bond donors (Lipinski definition) is 0. The summed E-state index contributed by atoms with van der Waals surface area (Å²) in [6, 6.07) is 6.05. The van der Waals surface area contributed by atoms with Crippen LogP contribution in [0.4, 0.5) is 4.39 Å². The molecule has 0 heterocycles. The lowest BCUT2D eigenvalue weighted by molar-refractivity contribution is -0.116. The third kappa shape index (κ3) is 3.94. The van der Waals surface area contributed by atoms with Gasteiger partial charge in [0.25, 0.3) is 0 Å². The third-order valence-corrected chi connectivity index (χ3v) is 1.70. The van der Waals surface area contributed by atoms with Crippen molar-refractivity contribution in [2.75, 3.05) is 6.54 Å². The van der Waals surface area contributed by atoms with Crippen molar-refractivity contribution in [2.45, 2.75) is 13.3 Å². The van der Waals surface area contributed by atoms with Gasteiger partial charge in [0.05, 0.1) is 0 Å². The highest BCUT2D eigenvalue weighted by Crippen LogP contribution is 1.99. The first-order valence-corrected chi connectivity index (χ1v) is 4.43. The quantitative estimate of drug-likeness (QED) is 0.674. The number of Topliss-reactive ketones (excluding diaryl/α,β-unsaturated/α-hetero) is 1. The molecule has 74 valence electrons. The first-order chi connectivity index (χ1) is 6.68. The molecule has 1 aromatic rings. The van der Waals surface area contributed by atoms with Gasteiger partial charge < -0.3 is 0 Å². The summed E-state index contributed by atoms with van der Waals surface area (Å²) in [7, 11) is 0. The minimum absolute atomic E-state index is 0.126. The average molecular weight is 193 g/mol. The summed E-state index contributed by atoms with van der Waals surface area (Å²) in [6.07, 6.45) is 2.10. The topological polar surface area (TPSA) is 29.4 Å². The molecule has 0 fully saturated rings. The van der Waals surface area contributed by atoms with Gasteiger partial charge in [0, 0.05) is 19.2 Å². The van der Waals surface area contributed by atoms with Crippen LogP contribution in [0.3, 0.4) is 0 Å². The van der Waals surface area contributed by atoms with E-state index in [2.05, 4.69) is 4.99 Å². The van der Waals surface area contributed by atoms with Gasteiger partial charge in [0.2, 0.25) is 0 Å². The van der Waals surface area contributed by atoms with E-state index in [0.29, 0.717) is 13.0 Å². The summed E-state index contributed by atoms with van der Waals surface area (Å²) in [6.45, 7) is 2.03. The predicted molar refractivity (Wildman–Crippen MR) is 54.2 cm³/mol. The summed E-state index contributed by atoms with van der Waals surface area (Å²) < 4.78 is 12.5. The Kier molecular flexibility index (Phi) is 3.98. The SMILES string of the molecule is CC(=O)CCN=Cc1ccc(F)cc1. The minimum Gasteiger partial charge on any atom is -0.300 e. The first-order valence-electron chi connectivity index (χ1n) is 4.43. The predicted octanol–water partition coefficient (Wildman–Crippen LogP) is 2.22. The van der Waals surface area contributed by atoms with Crippen LogP contribution in [0.2, 0.25) is 0 Å². The molecule has 1 rings (SSSR count). The van der Waals surface area contributed by atoms with E-state index < -0.39 is 0 Å². The van der Waals surface area contributed by atoms with Gasteiger partial charge in [-0.1, -0.05) is 12.1 Å². The van der Waals surface area contributed by atoms with E-state index in [9.17, 15) is 9.18 Å². The Labute approximate surface area is 82.5 Å². The lowest BCUT2D eigenvalue weighted by Gasteiger charge is -1.92. The van der Waals surface area contributed by atoms with E-state index in [0.717, 1.165) is 5.56 Å². The maximum absolute atomic E-state index is 12.5. The fourth-order valence-corrected chi connectivity index (χ4v) is 0.941.